The van der Waals surface area contributed by atoms with Gasteiger partial charge < -0.3 is 15.8 Å². The lowest BCUT2D eigenvalue weighted by Gasteiger charge is -2.09. The lowest BCUT2D eigenvalue weighted by Crippen LogP contribution is -2.12. The first-order valence-electron chi connectivity index (χ1n) is 5.71. The van der Waals surface area contributed by atoms with Crippen molar-refractivity contribution in [1.29, 1.82) is 0 Å². The molecule has 0 aromatic heterocycles. The highest BCUT2D eigenvalue weighted by Gasteiger charge is 2.10. The molecule has 0 heterocycles. The Labute approximate surface area is 114 Å². The van der Waals surface area contributed by atoms with Crippen LogP contribution in [0.2, 0.25) is 0 Å². The molecule has 0 spiro atoms. The van der Waals surface area contributed by atoms with E-state index in [1.165, 1.54) is 19.2 Å². The number of ether oxygens (including phenoxy) is 1. The molecule has 104 valence electrons. The number of methoxy groups -OCH3 is 1. The predicted octanol–water partition coefficient (Wildman–Crippen LogP) is 2.81. The molecule has 0 saturated carbocycles. The lowest BCUT2D eigenvalue weighted by molar-refractivity contribution is 0.102. The number of hydrogen-bond donors (Lipinski definition) is 2. The fraction of sp³-hybridized carbons (Fsp3) is 0.0714. The molecule has 3 N–H and O–H groups in total. The fourth-order valence-electron chi connectivity index (χ4n) is 1.65. The van der Waals surface area contributed by atoms with E-state index in [2.05, 4.69) is 5.32 Å². The van der Waals surface area contributed by atoms with Crippen molar-refractivity contribution >= 4 is 17.3 Å². The van der Waals surface area contributed by atoms with Crippen LogP contribution >= 0.6 is 0 Å². The van der Waals surface area contributed by atoms with Crippen molar-refractivity contribution in [1.82, 2.24) is 0 Å². The maximum atomic E-state index is 13.0. The van der Waals surface area contributed by atoms with Crippen LogP contribution in [-0.4, -0.2) is 13.0 Å². The van der Waals surface area contributed by atoms with Crippen LogP contribution in [-0.2, 0) is 0 Å². The van der Waals surface area contributed by atoms with Gasteiger partial charge in [0.1, 0.15) is 5.75 Å². The second-order valence-electron chi connectivity index (χ2n) is 4.04. The molecular weight excluding hydrogens is 266 g/mol. The Morgan fingerprint density at radius 1 is 1.15 bits per heavy atom. The third-order valence-electron chi connectivity index (χ3n) is 2.67. The summed E-state index contributed by atoms with van der Waals surface area (Å²) in [6.45, 7) is 0. The van der Waals surface area contributed by atoms with E-state index in [0.29, 0.717) is 17.1 Å². The quantitative estimate of drug-likeness (QED) is 0.848. The molecule has 20 heavy (non-hydrogen) atoms. The summed E-state index contributed by atoms with van der Waals surface area (Å²) in [5, 5.41) is 2.53. The SMILES string of the molecule is COc1ccc(NC(=O)c2ccc(F)c(F)c2)cc1N. The Kier molecular flexibility index (Phi) is 3.84. The van der Waals surface area contributed by atoms with Crippen LogP contribution in [0.1, 0.15) is 10.4 Å². The number of carbonyl (C=O) groups excluding carboxylic acids is 1. The van der Waals surface area contributed by atoms with E-state index in [0.717, 1.165) is 12.1 Å². The van der Waals surface area contributed by atoms with Gasteiger partial charge in [-0.05, 0) is 36.4 Å². The highest BCUT2D eigenvalue weighted by atomic mass is 19.2. The normalized spacial score (nSPS) is 10.2. The fourth-order valence-corrected chi connectivity index (χ4v) is 1.65. The van der Waals surface area contributed by atoms with Gasteiger partial charge >= 0.3 is 0 Å². The molecule has 0 aliphatic carbocycles. The summed E-state index contributed by atoms with van der Waals surface area (Å²) >= 11 is 0. The standard InChI is InChI=1S/C14H12F2N2O2/c1-20-13-5-3-9(7-12(13)17)18-14(19)8-2-4-10(15)11(16)6-8/h2-7H,17H2,1H3,(H,18,19). The van der Waals surface area contributed by atoms with Crippen molar-refractivity contribution in [3.8, 4) is 5.75 Å². The minimum absolute atomic E-state index is 0.0123. The van der Waals surface area contributed by atoms with Crippen molar-refractivity contribution in [2.75, 3.05) is 18.2 Å². The molecule has 0 unspecified atom stereocenters. The topological polar surface area (TPSA) is 64.3 Å². The van der Waals surface area contributed by atoms with Gasteiger partial charge in [0.15, 0.2) is 11.6 Å². The van der Waals surface area contributed by atoms with E-state index in [-0.39, 0.29) is 5.56 Å². The van der Waals surface area contributed by atoms with Gasteiger partial charge in [0.25, 0.3) is 5.91 Å². The summed E-state index contributed by atoms with van der Waals surface area (Å²) in [5.74, 6) is -2.16. The number of hydrogen-bond acceptors (Lipinski definition) is 3. The van der Waals surface area contributed by atoms with Gasteiger partial charge in [-0.25, -0.2) is 8.78 Å². The van der Waals surface area contributed by atoms with Crippen LogP contribution < -0.4 is 15.8 Å². The Morgan fingerprint density at radius 2 is 1.90 bits per heavy atom. The number of carbonyl (C=O) groups is 1. The van der Waals surface area contributed by atoms with Crippen LogP contribution in [0.3, 0.4) is 0 Å². The van der Waals surface area contributed by atoms with Gasteiger partial charge in [-0.1, -0.05) is 0 Å². The van der Waals surface area contributed by atoms with Crippen molar-refractivity contribution in [3.63, 3.8) is 0 Å². The molecule has 0 radical (unpaired) electrons. The van der Waals surface area contributed by atoms with Gasteiger partial charge in [0, 0.05) is 11.3 Å². The number of benzene rings is 2. The van der Waals surface area contributed by atoms with Crippen LogP contribution in [0, 0.1) is 11.6 Å². The Morgan fingerprint density at radius 3 is 2.50 bits per heavy atom. The zero-order valence-corrected chi connectivity index (χ0v) is 10.6. The summed E-state index contributed by atoms with van der Waals surface area (Å²) in [5.41, 5.74) is 6.50. The molecule has 2 rings (SSSR count). The van der Waals surface area contributed by atoms with Crippen LogP contribution in [0.4, 0.5) is 20.2 Å². The number of anilines is 2. The highest BCUT2D eigenvalue weighted by Crippen LogP contribution is 2.24. The second kappa shape index (κ2) is 5.56. The van der Waals surface area contributed by atoms with Crippen LogP contribution in [0.25, 0.3) is 0 Å². The maximum Gasteiger partial charge on any atom is 0.255 e. The zero-order valence-electron chi connectivity index (χ0n) is 10.6. The molecule has 0 aliphatic heterocycles. The molecular formula is C14H12F2N2O2. The van der Waals surface area contributed by atoms with Gasteiger partial charge in [-0.15, -0.1) is 0 Å². The molecule has 0 atom stereocenters. The van der Waals surface area contributed by atoms with Gasteiger partial charge in [0.2, 0.25) is 0 Å². The zero-order chi connectivity index (χ0) is 14.7. The number of nitrogen functional groups attached to an aromatic ring is 1. The molecule has 6 heteroatoms. The van der Waals surface area contributed by atoms with Crippen molar-refractivity contribution in [3.05, 3.63) is 53.6 Å². The number of nitrogens with one attached hydrogen (secondary N) is 1. The number of amides is 1. The number of halogens is 2. The first-order valence-corrected chi connectivity index (χ1v) is 5.71. The smallest absolute Gasteiger partial charge is 0.255 e. The van der Waals surface area contributed by atoms with Gasteiger partial charge in [-0.3, -0.25) is 4.79 Å². The Bertz CT molecular complexity index is 660. The average molecular weight is 278 g/mol. The summed E-state index contributed by atoms with van der Waals surface area (Å²) in [6, 6.07) is 7.62. The molecule has 0 bridgehead atoms. The van der Waals surface area contributed by atoms with Crippen molar-refractivity contribution < 1.29 is 18.3 Å². The number of rotatable bonds is 3. The van der Waals surface area contributed by atoms with Gasteiger partial charge in [-0.2, -0.15) is 0 Å². The predicted molar refractivity (Wildman–Crippen MR) is 71.7 cm³/mol. The summed E-state index contributed by atoms with van der Waals surface area (Å²) < 4.78 is 30.8. The largest absolute Gasteiger partial charge is 0.495 e. The van der Waals surface area contributed by atoms with E-state index in [4.69, 9.17) is 10.5 Å². The van der Waals surface area contributed by atoms with Crippen LogP contribution in [0.5, 0.6) is 5.75 Å². The second-order valence-corrected chi connectivity index (χ2v) is 4.04. The first kappa shape index (κ1) is 13.8. The van der Waals surface area contributed by atoms with E-state index >= 15 is 0 Å². The lowest BCUT2D eigenvalue weighted by atomic mass is 10.2. The summed E-state index contributed by atoms with van der Waals surface area (Å²) in [7, 11) is 1.48. The van der Waals surface area contributed by atoms with E-state index in [9.17, 15) is 13.6 Å². The van der Waals surface area contributed by atoms with E-state index in [1.807, 2.05) is 0 Å². The molecule has 0 fully saturated rings. The summed E-state index contributed by atoms with van der Waals surface area (Å²) in [6.07, 6.45) is 0. The van der Waals surface area contributed by atoms with Crippen LogP contribution in [0.15, 0.2) is 36.4 Å². The third-order valence-corrected chi connectivity index (χ3v) is 2.67. The molecule has 1 amide bonds. The monoisotopic (exact) mass is 278 g/mol. The minimum atomic E-state index is -1.08. The Hall–Kier alpha value is -2.63. The van der Waals surface area contributed by atoms with E-state index in [1.54, 1.807) is 12.1 Å². The minimum Gasteiger partial charge on any atom is -0.495 e. The highest BCUT2D eigenvalue weighted by molar-refractivity contribution is 6.04. The third kappa shape index (κ3) is 2.85. The van der Waals surface area contributed by atoms with Crippen molar-refractivity contribution in [2.45, 2.75) is 0 Å². The maximum absolute atomic E-state index is 13.0. The number of nitrogens with two attached hydrogens (primary N) is 1. The molecule has 0 aliphatic rings. The van der Waals surface area contributed by atoms with E-state index < -0.39 is 17.5 Å². The molecule has 2 aromatic carbocycles. The molecule has 4 nitrogen and oxygen atoms in total. The molecule has 0 saturated heterocycles. The molecule has 2 aromatic rings. The summed E-state index contributed by atoms with van der Waals surface area (Å²) in [4.78, 5) is 11.9. The average Bonchev–Trinajstić information content (AvgIpc) is 2.42. The van der Waals surface area contributed by atoms with Crippen molar-refractivity contribution in [2.24, 2.45) is 0 Å². The Balaban J connectivity index is 2.19. The first-order chi connectivity index (χ1) is 9.51. The van der Waals surface area contributed by atoms with Gasteiger partial charge in [0.05, 0.1) is 12.8 Å².